The lowest BCUT2D eigenvalue weighted by atomic mass is 9.99. The lowest BCUT2D eigenvalue weighted by Gasteiger charge is -2.38. The molecule has 0 spiro atoms. The molecule has 5 heteroatoms. The Morgan fingerprint density at radius 1 is 1.12 bits per heavy atom. The fourth-order valence-corrected chi connectivity index (χ4v) is 4.27. The number of nitrogens with one attached hydrogen (secondary N) is 1. The molecule has 1 atom stereocenters. The van der Waals surface area contributed by atoms with Gasteiger partial charge in [0.1, 0.15) is 5.82 Å². The number of hydrogen-bond acceptors (Lipinski definition) is 2. The van der Waals surface area contributed by atoms with Crippen LogP contribution in [0.1, 0.15) is 61.7 Å². The van der Waals surface area contributed by atoms with Crippen molar-refractivity contribution in [3.05, 3.63) is 34.6 Å². The maximum atomic E-state index is 13.1. The van der Waals surface area contributed by atoms with E-state index in [9.17, 15) is 9.18 Å². The predicted octanol–water partition coefficient (Wildman–Crippen LogP) is 4.40. The number of likely N-dealkylation sites (tertiary alicyclic amines) is 1. The summed E-state index contributed by atoms with van der Waals surface area (Å²) in [7, 11) is 0. The van der Waals surface area contributed by atoms with Crippen LogP contribution >= 0.6 is 11.6 Å². The van der Waals surface area contributed by atoms with E-state index in [1.807, 2.05) is 0 Å². The van der Waals surface area contributed by atoms with E-state index < -0.39 is 5.82 Å². The number of piperidine rings is 1. The Morgan fingerprint density at radius 2 is 1.88 bits per heavy atom. The second kappa shape index (κ2) is 8.30. The molecule has 1 aliphatic carbocycles. The summed E-state index contributed by atoms with van der Waals surface area (Å²) in [5.41, 5.74) is 0.352. The Kier molecular flexibility index (Phi) is 6.12. The standard InChI is InChI=1S/C19H26ClFN2O/c20-18-12-14(21)9-10-17(18)19(24)22-15-6-5-11-23(13-15)16-7-3-1-2-4-8-16/h9-10,12,15-16H,1-8,11,13H2,(H,22,24). The lowest BCUT2D eigenvalue weighted by Crippen LogP contribution is -2.50. The highest BCUT2D eigenvalue weighted by atomic mass is 35.5. The molecule has 1 saturated carbocycles. The van der Waals surface area contributed by atoms with Crippen LogP contribution in [0.5, 0.6) is 0 Å². The van der Waals surface area contributed by atoms with Gasteiger partial charge in [-0.15, -0.1) is 0 Å². The number of carbonyl (C=O) groups is 1. The van der Waals surface area contributed by atoms with Crippen molar-refractivity contribution in [1.82, 2.24) is 10.2 Å². The molecule has 1 aromatic rings. The Morgan fingerprint density at radius 3 is 2.58 bits per heavy atom. The Bertz CT molecular complexity index is 572. The number of benzene rings is 1. The number of amides is 1. The maximum Gasteiger partial charge on any atom is 0.253 e. The van der Waals surface area contributed by atoms with Gasteiger partial charge < -0.3 is 5.32 Å². The van der Waals surface area contributed by atoms with E-state index in [1.54, 1.807) is 0 Å². The molecule has 1 saturated heterocycles. The number of carbonyl (C=O) groups excluding carboxylic acids is 1. The van der Waals surface area contributed by atoms with Crippen LogP contribution in [0, 0.1) is 5.82 Å². The third-order valence-corrected chi connectivity index (χ3v) is 5.62. The van der Waals surface area contributed by atoms with Crippen molar-refractivity contribution in [3.8, 4) is 0 Å². The van der Waals surface area contributed by atoms with Crippen molar-refractivity contribution in [2.75, 3.05) is 13.1 Å². The van der Waals surface area contributed by atoms with Crippen molar-refractivity contribution in [1.29, 1.82) is 0 Å². The molecule has 0 aromatic heterocycles. The van der Waals surface area contributed by atoms with E-state index in [0.29, 0.717) is 11.6 Å². The SMILES string of the molecule is O=C(NC1CCCN(C2CCCCCC2)C1)c1ccc(F)cc1Cl. The molecular weight excluding hydrogens is 327 g/mol. The average Bonchev–Trinajstić information content (AvgIpc) is 2.84. The molecule has 2 fully saturated rings. The molecular formula is C19H26ClFN2O. The van der Waals surface area contributed by atoms with Gasteiger partial charge in [-0.2, -0.15) is 0 Å². The summed E-state index contributed by atoms with van der Waals surface area (Å²) in [5.74, 6) is -0.624. The zero-order valence-corrected chi connectivity index (χ0v) is 14.8. The van der Waals surface area contributed by atoms with Gasteiger partial charge in [-0.1, -0.05) is 37.3 Å². The minimum absolute atomic E-state index is 0.149. The Balaban J connectivity index is 1.59. The van der Waals surface area contributed by atoms with Gasteiger partial charge in [0.05, 0.1) is 10.6 Å². The summed E-state index contributed by atoms with van der Waals surface area (Å²) < 4.78 is 13.1. The van der Waals surface area contributed by atoms with Crippen LogP contribution in [0.25, 0.3) is 0 Å². The van der Waals surface area contributed by atoms with Crippen LogP contribution in [0.15, 0.2) is 18.2 Å². The van der Waals surface area contributed by atoms with Crippen LogP contribution in [-0.4, -0.2) is 36.0 Å². The summed E-state index contributed by atoms with van der Waals surface area (Å²) >= 11 is 6.00. The lowest BCUT2D eigenvalue weighted by molar-refractivity contribution is 0.0860. The number of halogens is 2. The molecule has 132 valence electrons. The molecule has 2 aliphatic rings. The molecule has 0 radical (unpaired) electrons. The summed E-state index contributed by atoms with van der Waals surface area (Å²) in [6.45, 7) is 2.05. The molecule has 24 heavy (non-hydrogen) atoms. The smallest absolute Gasteiger partial charge is 0.253 e. The van der Waals surface area contributed by atoms with Gasteiger partial charge in [-0.3, -0.25) is 9.69 Å². The minimum atomic E-state index is -0.422. The van der Waals surface area contributed by atoms with Gasteiger partial charge in [0.25, 0.3) is 5.91 Å². The van der Waals surface area contributed by atoms with Crippen LogP contribution in [0.4, 0.5) is 4.39 Å². The first-order chi connectivity index (χ1) is 11.6. The molecule has 3 rings (SSSR count). The van der Waals surface area contributed by atoms with E-state index in [2.05, 4.69) is 10.2 Å². The van der Waals surface area contributed by atoms with E-state index in [4.69, 9.17) is 11.6 Å². The van der Waals surface area contributed by atoms with E-state index in [0.717, 1.165) is 25.9 Å². The second-order valence-electron chi connectivity index (χ2n) is 7.08. The van der Waals surface area contributed by atoms with Crippen molar-refractivity contribution < 1.29 is 9.18 Å². The van der Waals surface area contributed by atoms with Gasteiger partial charge in [-0.05, 0) is 50.4 Å². The second-order valence-corrected chi connectivity index (χ2v) is 7.48. The summed E-state index contributed by atoms with van der Waals surface area (Å²) in [4.78, 5) is 15.0. The number of nitrogens with zero attached hydrogens (tertiary/aromatic N) is 1. The molecule has 1 aliphatic heterocycles. The van der Waals surface area contributed by atoms with E-state index >= 15 is 0 Å². The monoisotopic (exact) mass is 352 g/mol. The van der Waals surface area contributed by atoms with E-state index in [1.165, 1.54) is 56.7 Å². The van der Waals surface area contributed by atoms with Gasteiger partial charge >= 0.3 is 0 Å². The van der Waals surface area contributed by atoms with Crippen LogP contribution in [0.3, 0.4) is 0 Å². The van der Waals surface area contributed by atoms with Gasteiger partial charge in [0.2, 0.25) is 0 Å². The third-order valence-electron chi connectivity index (χ3n) is 5.30. The molecule has 0 bridgehead atoms. The van der Waals surface area contributed by atoms with Gasteiger partial charge in [-0.25, -0.2) is 4.39 Å². The zero-order valence-electron chi connectivity index (χ0n) is 14.1. The zero-order chi connectivity index (χ0) is 16.9. The number of rotatable bonds is 3. The molecule has 1 heterocycles. The van der Waals surface area contributed by atoms with Crippen molar-refractivity contribution >= 4 is 17.5 Å². The molecule has 1 aromatic carbocycles. The third kappa shape index (κ3) is 4.48. The highest BCUT2D eigenvalue weighted by molar-refractivity contribution is 6.33. The maximum absolute atomic E-state index is 13.1. The fourth-order valence-electron chi connectivity index (χ4n) is 4.02. The first-order valence-corrected chi connectivity index (χ1v) is 9.51. The molecule has 1 N–H and O–H groups in total. The highest BCUT2D eigenvalue weighted by Gasteiger charge is 2.27. The fraction of sp³-hybridized carbons (Fsp3) is 0.632. The van der Waals surface area contributed by atoms with Crippen molar-refractivity contribution in [2.45, 2.75) is 63.5 Å². The topological polar surface area (TPSA) is 32.3 Å². The van der Waals surface area contributed by atoms with Gasteiger partial charge in [0, 0.05) is 18.6 Å². The van der Waals surface area contributed by atoms with E-state index in [-0.39, 0.29) is 17.0 Å². The first-order valence-electron chi connectivity index (χ1n) is 9.13. The van der Waals surface area contributed by atoms with Crippen molar-refractivity contribution in [2.24, 2.45) is 0 Å². The Hall–Kier alpha value is -1.13. The molecule has 1 amide bonds. The summed E-state index contributed by atoms with van der Waals surface area (Å²) in [5, 5.41) is 3.26. The minimum Gasteiger partial charge on any atom is -0.348 e. The average molecular weight is 353 g/mol. The number of hydrogen-bond donors (Lipinski definition) is 1. The van der Waals surface area contributed by atoms with Crippen LogP contribution in [0.2, 0.25) is 5.02 Å². The Labute approximate surface area is 148 Å². The largest absolute Gasteiger partial charge is 0.348 e. The van der Waals surface area contributed by atoms with Crippen molar-refractivity contribution in [3.63, 3.8) is 0 Å². The normalized spacial score (nSPS) is 23.7. The highest BCUT2D eigenvalue weighted by Crippen LogP contribution is 2.25. The van der Waals surface area contributed by atoms with Crippen LogP contribution in [-0.2, 0) is 0 Å². The van der Waals surface area contributed by atoms with Crippen LogP contribution < -0.4 is 5.32 Å². The molecule has 3 nitrogen and oxygen atoms in total. The predicted molar refractivity (Wildman–Crippen MR) is 95.0 cm³/mol. The quantitative estimate of drug-likeness (QED) is 0.818. The van der Waals surface area contributed by atoms with Gasteiger partial charge in [0.15, 0.2) is 0 Å². The molecule has 1 unspecified atom stereocenters. The summed E-state index contributed by atoms with van der Waals surface area (Å²) in [6.07, 6.45) is 10.0. The first kappa shape index (κ1) is 17.7. The summed E-state index contributed by atoms with van der Waals surface area (Å²) in [6, 6.07) is 4.74.